The van der Waals surface area contributed by atoms with E-state index in [0.29, 0.717) is 5.69 Å². The molecule has 0 saturated carbocycles. The van der Waals surface area contributed by atoms with Gasteiger partial charge in [0.2, 0.25) is 0 Å². The largest absolute Gasteiger partial charge is 0.478 e. The van der Waals surface area contributed by atoms with Gasteiger partial charge >= 0.3 is 5.97 Å². The lowest BCUT2D eigenvalue weighted by Gasteiger charge is -2.10. The summed E-state index contributed by atoms with van der Waals surface area (Å²) in [7, 11) is 0. The Hall–Kier alpha value is -2.18. The molecule has 1 aromatic carbocycles. The second kappa shape index (κ2) is 6.07. The first-order valence-corrected chi connectivity index (χ1v) is 6.46. The fourth-order valence-corrected chi connectivity index (χ4v) is 2.08. The number of hydrogen-bond donors (Lipinski definition) is 2. The maximum absolute atomic E-state index is 12.0. The molecule has 0 unspecified atom stereocenters. The number of rotatable bonds is 3. The average Bonchev–Trinajstić information content (AvgIpc) is 2.43. The van der Waals surface area contributed by atoms with E-state index in [2.05, 4.69) is 15.3 Å². The van der Waals surface area contributed by atoms with E-state index in [1.54, 1.807) is 6.92 Å². The molecule has 0 aliphatic rings. The molecule has 0 spiro atoms. The van der Waals surface area contributed by atoms with Crippen LogP contribution in [0.25, 0.3) is 0 Å². The van der Waals surface area contributed by atoms with Crippen molar-refractivity contribution < 1.29 is 14.7 Å². The molecule has 0 bridgehead atoms. The summed E-state index contributed by atoms with van der Waals surface area (Å²) in [6.45, 7) is 1.74. The number of carbonyl (C=O) groups is 2. The molecule has 6 nitrogen and oxygen atoms in total. The summed E-state index contributed by atoms with van der Waals surface area (Å²) in [5.41, 5.74) is 0.817. The molecule has 1 aromatic heterocycles. The third kappa shape index (κ3) is 3.48. The molecule has 2 aromatic rings. The Morgan fingerprint density at radius 3 is 2.24 bits per heavy atom. The van der Waals surface area contributed by atoms with Crippen molar-refractivity contribution in [1.82, 2.24) is 9.97 Å². The van der Waals surface area contributed by atoms with Crippen LogP contribution < -0.4 is 5.32 Å². The van der Waals surface area contributed by atoms with Crippen molar-refractivity contribution in [2.75, 3.05) is 5.32 Å². The van der Waals surface area contributed by atoms with Crippen molar-refractivity contribution in [3.63, 3.8) is 0 Å². The van der Waals surface area contributed by atoms with Crippen LogP contribution in [-0.4, -0.2) is 27.0 Å². The van der Waals surface area contributed by atoms with Crippen molar-refractivity contribution in [3.8, 4) is 0 Å². The van der Waals surface area contributed by atoms with Gasteiger partial charge < -0.3 is 10.4 Å². The Kier molecular flexibility index (Phi) is 4.40. The van der Waals surface area contributed by atoms with E-state index in [1.807, 2.05) is 0 Å². The molecule has 2 N–H and O–H groups in total. The number of anilines is 1. The Morgan fingerprint density at radius 1 is 1.14 bits per heavy atom. The van der Waals surface area contributed by atoms with Crippen LogP contribution in [0.15, 0.2) is 24.5 Å². The molecule has 0 saturated heterocycles. The maximum Gasteiger partial charge on any atom is 0.335 e. The van der Waals surface area contributed by atoms with Gasteiger partial charge in [0.05, 0.1) is 33.2 Å². The summed E-state index contributed by atoms with van der Waals surface area (Å²) in [5, 5.41) is 11.4. The zero-order chi connectivity index (χ0) is 15.6. The maximum atomic E-state index is 12.0. The SMILES string of the molecule is Cc1cnc(C(=O)Nc2c(Cl)cc(C(=O)O)cc2Cl)cn1. The Morgan fingerprint density at radius 2 is 1.76 bits per heavy atom. The van der Waals surface area contributed by atoms with Gasteiger partial charge in [0, 0.05) is 6.20 Å². The third-order valence-corrected chi connectivity index (χ3v) is 3.14. The number of carboxylic acids is 1. The molecule has 0 fully saturated rings. The topological polar surface area (TPSA) is 92.2 Å². The number of hydrogen-bond acceptors (Lipinski definition) is 4. The third-order valence-electron chi connectivity index (χ3n) is 2.54. The van der Waals surface area contributed by atoms with Gasteiger partial charge in [0.25, 0.3) is 5.91 Å². The monoisotopic (exact) mass is 325 g/mol. The molecule has 2 rings (SSSR count). The van der Waals surface area contributed by atoms with Gasteiger partial charge in [0.1, 0.15) is 5.69 Å². The normalized spacial score (nSPS) is 10.2. The van der Waals surface area contributed by atoms with E-state index in [0.717, 1.165) is 0 Å². The number of aromatic nitrogens is 2. The van der Waals surface area contributed by atoms with Gasteiger partial charge in [-0.05, 0) is 19.1 Å². The van der Waals surface area contributed by atoms with Crippen LogP contribution in [0.4, 0.5) is 5.69 Å². The molecule has 21 heavy (non-hydrogen) atoms. The Labute approximate surface area is 129 Å². The highest BCUT2D eigenvalue weighted by atomic mass is 35.5. The fourth-order valence-electron chi connectivity index (χ4n) is 1.50. The number of benzene rings is 1. The van der Waals surface area contributed by atoms with Crippen molar-refractivity contribution in [3.05, 3.63) is 51.5 Å². The van der Waals surface area contributed by atoms with Crippen LogP contribution in [0, 0.1) is 6.92 Å². The number of nitrogens with one attached hydrogen (secondary N) is 1. The van der Waals surface area contributed by atoms with Crippen molar-refractivity contribution >= 4 is 40.8 Å². The Bertz CT molecular complexity index is 694. The molecule has 0 aliphatic carbocycles. The lowest BCUT2D eigenvalue weighted by molar-refractivity contribution is 0.0696. The first kappa shape index (κ1) is 15.2. The summed E-state index contributed by atoms with van der Waals surface area (Å²) < 4.78 is 0. The number of nitrogens with zero attached hydrogens (tertiary/aromatic N) is 2. The molecule has 0 aliphatic heterocycles. The number of halogens is 2. The number of amides is 1. The molecule has 0 radical (unpaired) electrons. The molecule has 0 atom stereocenters. The lowest BCUT2D eigenvalue weighted by Crippen LogP contribution is -2.15. The quantitative estimate of drug-likeness (QED) is 0.904. The molecule has 108 valence electrons. The summed E-state index contributed by atoms with van der Waals surface area (Å²) in [6, 6.07) is 2.40. The smallest absolute Gasteiger partial charge is 0.335 e. The first-order chi connectivity index (χ1) is 9.88. The molecule has 1 heterocycles. The minimum atomic E-state index is -1.17. The van der Waals surface area contributed by atoms with Crippen molar-refractivity contribution in [2.45, 2.75) is 6.92 Å². The van der Waals surface area contributed by atoms with Gasteiger partial charge in [-0.25, -0.2) is 9.78 Å². The minimum absolute atomic E-state index is 0.0216. The minimum Gasteiger partial charge on any atom is -0.478 e. The number of aryl methyl sites for hydroxylation is 1. The molecule has 8 heteroatoms. The van der Waals surface area contributed by atoms with Gasteiger partial charge in [-0.2, -0.15) is 0 Å². The number of carbonyl (C=O) groups excluding carboxylic acids is 1. The molecular weight excluding hydrogens is 317 g/mol. The summed E-state index contributed by atoms with van der Waals surface area (Å²) in [4.78, 5) is 30.8. The van der Waals surface area contributed by atoms with Crippen LogP contribution in [0.1, 0.15) is 26.5 Å². The highest BCUT2D eigenvalue weighted by Crippen LogP contribution is 2.32. The van der Waals surface area contributed by atoms with Crippen LogP contribution in [-0.2, 0) is 0 Å². The van der Waals surface area contributed by atoms with Crippen molar-refractivity contribution in [2.24, 2.45) is 0 Å². The van der Waals surface area contributed by atoms with Gasteiger partial charge in [-0.1, -0.05) is 23.2 Å². The van der Waals surface area contributed by atoms with Crippen LogP contribution in [0.2, 0.25) is 10.0 Å². The number of carboxylic acid groups (broad SMARTS) is 1. The standard InChI is InChI=1S/C13H9Cl2N3O3/c1-6-4-17-10(5-16-6)12(19)18-11-8(14)2-7(13(20)21)3-9(11)15/h2-5H,1H3,(H,18,19)(H,20,21). The summed E-state index contributed by atoms with van der Waals surface area (Å²) in [6.07, 6.45) is 2.77. The zero-order valence-corrected chi connectivity index (χ0v) is 12.2. The second-order valence-electron chi connectivity index (χ2n) is 4.12. The van der Waals surface area contributed by atoms with Crippen molar-refractivity contribution in [1.29, 1.82) is 0 Å². The van der Waals surface area contributed by atoms with E-state index in [4.69, 9.17) is 28.3 Å². The van der Waals surface area contributed by atoms with Crippen LogP contribution in [0.3, 0.4) is 0 Å². The van der Waals surface area contributed by atoms with Gasteiger partial charge in [-0.15, -0.1) is 0 Å². The molecular formula is C13H9Cl2N3O3. The van der Waals surface area contributed by atoms with E-state index < -0.39 is 11.9 Å². The highest BCUT2D eigenvalue weighted by Gasteiger charge is 2.16. The zero-order valence-electron chi connectivity index (χ0n) is 10.7. The van der Waals surface area contributed by atoms with Crippen LogP contribution >= 0.6 is 23.2 Å². The average molecular weight is 326 g/mol. The predicted molar refractivity (Wildman–Crippen MR) is 78.1 cm³/mol. The van der Waals surface area contributed by atoms with Crippen LogP contribution in [0.5, 0.6) is 0 Å². The lowest BCUT2D eigenvalue weighted by atomic mass is 10.2. The van der Waals surface area contributed by atoms with E-state index in [9.17, 15) is 9.59 Å². The summed E-state index contributed by atoms with van der Waals surface area (Å²) in [5.74, 6) is -1.71. The van der Waals surface area contributed by atoms with E-state index >= 15 is 0 Å². The van der Waals surface area contributed by atoms with E-state index in [-0.39, 0.29) is 27.0 Å². The molecule has 1 amide bonds. The Balaban J connectivity index is 2.29. The predicted octanol–water partition coefficient (Wildman–Crippen LogP) is 3.04. The highest BCUT2D eigenvalue weighted by molar-refractivity contribution is 6.40. The fraction of sp³-hybridized carbons (Fsp3) is 0.0769. The number of aromatic carboxylic acids is 1. The first-order valence-electron chi connectivity index (χ1n) is 5.71. The summed E-state index contributed by atoms with van der Waals surface area (Å²) >= 11 is 11.9. The van der Waals surface area contributed by atoms with Gasteiger partial charge in [-0.3, -0.25) is 9.78 Å². The van der Waals surface area contributed by atoms with Gasteiger partial charge in [0.15, 0.2) is 0 Å². The van der Waals surface area contributed by atoms with E-state index in [1.165, 1.54) is 24.5 Å². The second-order valence-corrected chi connectivity index (χ2v) is 4.93.